The van der Waals surface area contributed by atoms with Crippen molar-refractivity contribution < 1.29 is 4.79 Å². The molecule has 0 spiro atoms. The van der Waals surface area contributed by atoms with Crippen LogP contribution < -0.4 is 5.32 Å². The molecule has 0 aliphatic carbocycles. The smallest absolute Gasteiger partial charge is 0.253 e. The molecule has 2 aromatic rings. The van der Waals surface area contributed by atoms with Gasteiger partial charge in [0.15, 0.2) is 0 Å². The molecular weight excluding hydrogens is 282 g/mol. The quantitative estimate of drug-likeness (QED) is 0.936. The molecule has 0 fully saturated rings. The van der Waals surface area contributed by atoms with E-state index < -0.39 is 0 Å². The van der Waals surface area contributed by atoms with Gasteiger partial charge in [-0.25, -0.2) is 4.98 Å². The van der Waals surface area contributed by atoms with Gasteiger partial charge >= 0.3 is 0 Å². The highest BCUT2D eigenvalue weighted by molar-refractivity contribution is 7.11. The summed E-state index contributed by atoms with van der Waals surface area (Å²) in [5.74, 6) is -0.0132. The zero-order valence-electron chi connectivity index (χ0n) is 13.6. The van der Waals surface area contributed by atoms with Crippen LogP contribution in [-0.2, 0) is 6.54 Å². The van der Waals surface area contributed by atoms with Crippen LogP contribution in [0.2, 0.25) is 0 Å². The topological polar surface area (TPSA) is 46.9 Å². The average Bonchev–Trinajstić information content (AvgIpc) is 2.89. The van der Waals surface area contributed by atoms with Crippen LogP contribution in [0.25, 0.3) is 0 Å². The van der Waals surface area contributed by atoms with Crippen molar-refractivity contribution in [2.75, 3.05) is 0 Å². The van der Waals surface area contributed by atoms with Gasteiger partial charge in [0, 0.05) is 22.8 Å². The first-order valence-electron chi connectivity index (χ1n) is 7.26. The van der Waals surface area contributed by atoms with E-state index >= 15 is 0 Å². The zero-order chi connectivity index (χ0) is 15.7. The Labute approximate surface area is 130 Å². The SMILES string of the molecule is CCn1c(C)cc(C(=O)N[C@@H](C)c2sc(C)nc2C)c1C. The van der Waals surface area contributed by atoms with Gasteiger partial charge in [-0.2, -0.15) is 0 Å². The molecule has 0 unspecified atom stereocenters. The predicted molar refractivity (Wildman–Crippen MR) is 87.0 cm³/mol. The number of hydrogen-bond acceptors (Lipinski definition) is 3. The van der Waals surface area contributed by atoms with E-state index in [4.69, 9.17) is 0 Å². The summed E-state index contributed by atoms with van der Waals surface area (Å²) in [6.07, 6.45) is 0. The van der Waals surface area contributed by atoms with Crippen molar-refractivity contribution >= 4 is 17.2 Å². The lowest BCUT2D eigenvalue weighted by Gasteiger charge is -2.13. The van der Waals surface area contributed by atoms with Crippen molar-refractivity contribution in [3.05, 3.63) is 38.6 Å². The molecule has 1 amide bonds. The second-order valence-corrected chi connectivity index (χ2v) is 6.64. The molecule has 0 bridgehead atoms. The summed E-state index contributed by atoms with van der Waals surface area (Å²) in [7, 11) is 0. The molecule has 0 saturated carbocycles. The van der Waals surface area contributed by atoms with Crippen LogP contribution >= 0.6 is 11.3 Å². The van der Waals surface area contributed by atoms with Gasteiger partial charge in [-0.3, -0.25) is 4.79 Å². The van der Waals surface area contributed by atoms with E-state index in [1.807, 2.05) is 40.7 Å². The highest BCUT2D eigenvalue weighted by Gasteiger charge is 2.19. The Morgan fingerprint density at radius 2 is 2.05 bits per heavy atom. The number of carbonyl (C=O) groups is 1. The van der Waals surface area contributed by atoms with Crippen LogP contribution in [0.4, 0.5) is 0 Å². The molecule has 0 aliphatic heterocycles. The second-order valence-electron chi connectivity index (χ2n) is 5.41. The van der Waals surface area contributed by atoms with Gasteiger partial charge in [-0.1, -0.05) is 0 Å². The lowest BCUT2D eigenvalue weighted by Crippen LogP contribution is -2.27. The van der Waals surface area contributed by atoms with Crippen molar-refractivity contribution in [1.29, 1.82) is 0 Å². The molecule has 2 heterocycles. The maximum Gasteiger partial charge on any atom is 0.253 e. The number of thiazole rings is 1. The van der Waals surface area contributed by atoms with Gasteiger partial charge in [0.05, 0.1) is 22.3 Å². The van der Waals surface area contributed by atoms with Gasteiger partial charge in [0.25, 0.3) is 5.91 Å². The maximum absolute atomic E-state index is 12.5. The number of amides is 1. The third kappa shape index (κ3) is 3.02. The van der Waals surface area contributed by atoms with Crippen LogP contribution in [0.5, 0.6) is 0 Å². The first-order valence-corrected chi connectivity index (χ1v) is 8.08. The minimum atomic E-state index is -0.0200. The molecule has 1 N–H and O–H groups in total. The highest BCUT2D eigenvalue weighted by Crippen LogP contribution is 2.25. The zero-order valence-corrected chi connectivity index (χ0v) is 14.4. The number of aromatic nitrogens is 2. The Balaban J connectivity index is 2.20. The van der Waals surface area contributed by atoms with Crippen molar-refractivity contribution in [2.24, 2.45) is 0 Å². The molecule has 21 heavy (non-hydrogen) atoms. The fourth-order valence-electron chi connectivity index (χ4n) is 2.81. The minimum Gasteiger partial charge on any atom is -0.349 e. The lowest BCUT2D eigenvalue weighted by molar-refractivity contribution is 0.0939. The van der Waals surface area contributed by atoms with Gasteiger partial charge in [0.1, 0.15) is 0 Å². The Hall–Kier alpha value is -1.62. The Kier molecular flexibility index (Phi) is 4.52. The first kappa shape index (κ1) is 15.8. The normalized spacial score (nSPS) is 12.5. The molecule has 0 aliphatic rings. The minimum absolute atomic E-state index is 0.0132. The molecule has 5 heteroatoms. The molecule has 0 radical (unpaired) electrons. The largest absolute Gasteiger partial charge is 0.349 e. The summed E-state index contributed by atoms with van der Waals surface area (Å²) in [6, 6.07) is 1.94. The fraction of sp³-hybridized carbons (Fsp3) is 0.500. The molecular formula is C16H23N3OS. The Morgan fingerprint density at radius 3 is 2.52 bits per heavy atom. The summed E-state index contributed by atoms with van der Waals surface area (Å²) in [5.41, 5.74) is 3.92. The van der Waals surface area contributed by atoms with Gasteiger partial charge in [0.2, 0.25) is 0 Å². The van der Waals surface area contributed by atoms with E-state index in [-0.39, 0.29) is 11.9 Å². The van der Waals surface area contributed by atoms with E-state index in [0.717, 1.165) is 39.1 Å². The Morgan fingerprint density at radius 1 is 1.38 bits per heavy atom. The van der Waals surface area contributed by atoms with E-state index in [0.29, 0.717) is 0 Å². The van der Waals surface area contributed by atoms with Gasteiger partial charge < -0.3 is 9.88 Å². The van der Waals surface area contributed by atoms with Crippen molar-refractivity contribution in [2.45, 2.75) is 54.1 Å². The summed E-state index contributed by atoms with van der Waals surface area (Å²) in [5, 5.41) is 4.13. The fourth-order valence-corrected chi connectivity index (χ4v) is 3.74. The molecule has 4 nitrogen and oxygen atoms in total. The first-order chi connectivity index (χ1) is 9.85. The number of aryl methyl sites for hydroxylation is 3. The molecule has 1 atom stereocenters. The number of carbonyl (C=O) groups excluding carboxylic acids is 1. The summed E-state index contributed by atoms with van der Waals surface area (Å²) < 4.78 is 2.15. The number of nitrogens with one attached hydrogen (secondary N) is 1. The summed E-state index contributed by atoms with van der Waals surface area (Å²) >= 11 is 1.65. The monoisotopic (exact) mass is 305 g/mol. The van der Waals surface area contributed by atoms with E-state index in [1.165, 1.54) is 0 Å². The van der Waals surface area contributed by atoms with Crippen molar-refractivity contribution in [1.82, 2.24) is 14.9 Å². The lowest BCUT2D eigenvalue weighted by atomic mass is 10.2. The summed E-state index contributed by atoms with van der Waals surface area (Å²) in [6.45, 7) is 13.0. The second kappa shape index (κ2) is 6.02. The standard InChI is InChI=1S/C16H23N3OS/c1-7-19-9(2)8-14(12(19)5)16(20)18-11(4)15-10(3)17-13(6)21-15/h8,11H,7H2,1-6H3,(H,18,20)/t11-/m0/s1. The van der Waals surface area contributed by atoms with Gasteiger partial charge in [-0.15, -0.1) is 11.3 Å². The molecule has 0 saturated heterocycles. The van der Waals surface area contributed by atoms with E-state index in [1.54, 1.807) is 11.3 Å². The Bertz CT molecular complexity index is 669. The van der Waals surface area contributed by atoms with Crippen molar-refractivity contribution in [3.63, 3.8) is 0 Å². The van der Waals surface area contributed by atoms with Crippen LogP contribution in [-0.4, -0.2) is 15.5 Å². The van der Waals surface area contributed by atoms with Crippen LogP contribution in [0.1, 0.15) is 57.2 Å². The van der Waals surface area contributed by atoms with Crippen LogP contribution in [0, 0.1) is 27.7 Å². The van der Waals surface area contributed by atoms with Crippen LogP contribution in [0.15, 0.2) is 6.07 Å². The molecule has 2 aromatic heterocycles. The number of hydrogen-bond donors (Lipinski definition) is 1. The number of nitrogens with zero attached hydrogens (tertiary/aromatic N) is 2. The molecule has 114 valence electrons. The molecule has 2 rings (SSSR count). The maximum atomic E-state index is 12.5. The summed E-state index contributed by atoms with van der Waals surface area (Å²) in [4.78, 5) is 18.1. The van der Waals surface area contributed by atoms with Gasteiger partial charge in [-0.05, 0) is 47.6 Å². The highest BCUT2D eigenvalue weighted by atomic mass is 32.1. The average molecular weight is 305 g/mol. The number of rotatable bonds is 4. The molecule has 0 aromatic carbocycles. The van der Waals surface area contributed by atoms with Crippen molar-refractivity contribution in [3.8, 4) is 0 Å². The third-order valence-electron chi connectivity index (χ3n) is 3.81. The van der Waals surface area contributed by atoms with Crippen LogP contribution in [0.3, 0.4) is 0 Å². The van der Waals surface area contributed by atoms with E-state index in [2.05, 4.69) is 21.8 Å². The predicted octanol–water partition coefficient (Wildman–Crippen LogP) is 3.69. The van der Waals surface area contributed by atoms with E-state index in [9.17, 15) is 4.79 Å². The third-order valence-corrected chi connectivity index (χ3v) is 5.07.